The van der Waals surface area contributed by atoms with Crippen molar-refractivity contribution in [3.8, 4) is 0 Å². The fraction of sp³-hybridized carbons (Fsp3) is 0.533. The summed E-state index contributed by atoms with van der Waals surface area (Å²) in [5, 5.41) is 3.31. The number of piperidine rings is 1. The van der Waals surface area contributed by atoms with E-state index in [0.29, 0.717) is 23.5 Å². The van der Waals surface area contributed by atoms with E-state index in [-0.39, 0.29) is 11.5 Å². The van der Waals surface area contributed by atoms with Crippen molar-refractivity contribution in [3.05, 3.63) is 34.1 Å². The number of rotatable bonds is 4. The molecular weight excluding hydrogens is 323 g/mol. The molecule has 1 fully saturated rings. The van der Waals surface area contributed by atoms with Gasteiger partial charge in [-0.1, -0.05) is 6.07 Å². The Balaban J connectivity index is 2.10. The van der Waals surface area contributed by atoms with E-state index in [1.165, 1.54) is 0 Å². The first kappa shape index (κ1) is 15.4. The molecule has 0 aliphatic carbocycles. The Labute approximate surface area is 127 Å². The van der Waals surface area contributed by atoms with E-state index >= 15 is 0 Å². The van der Waals surface area contributed by atoms with Gasteiger partial charge in [0.1, 0.15) is 5.82 Å². The molecule has 20 heavy (non-hydrogen) atoms. The summed E-state index contributed by atoms with van der Waals surface area (Å²) in [7, 11) is 0. The van der Waals surface area contributed by atoms with Crippen molar-refractivity contribution in [2.24, 2.45) is 5.92 Å². The van der Waals surface area contributed by atoms with Gasteiger partial charge in [-0.05, 0) is 66.8 Å². The van der Waals surface area contributed by atoms with Crippen LogP contribution in [0.3, 0.4) is 0 Å². The van der Waals surface area contributed by atoms with E-state index in [0.717, 1.165) is 25.9 Å². The average molecular weight is 343 g/mol. The van der Waals surface area contributed by atoms with Gasteiger partial charge in [0, 0.05) is 13.1 Å². The Bertz CT molecular complexity index is 475. The van der Waals surface area contributed by atoms with Crippen LogP contribution in [0.4, 0.5) is 4.39 Å². The molecule has 1 heterocycles. The zero-order chi connectivity index (χ0) is 14.5. The third kappa shape index (κ3) is 3.58. The number of carbonyl (C=O) groups excluding carboxylic acids is 1. The highest BCUT2D eigenvalue weighted by atomic mass is 79.9. The minimum absolute atomic E-state index is 0.148. The Kier molecular flexibility index (Phi) is 5.54. The number of nitrogens with one attached hydrogen (secondary N) is 1. The van der Waals surface area contributed by atoms with Gasteiger partial charge in [0.05, 0.1) is 10.0 Å². The van der Waals surface area contributed by atoms with Crippen LogP contribution in [0.25, 0.3) is 0 Å². The maximum absolute atomic E-state index is 14.0. The fourth-order valence-corrected chi connectivity index (χ4v) is 2.94. The summed E-state index contributed by atoms with van der Waals surface area (Å²) < 4.78 is 14.4. The highest BCUT2D eigenvalue weighted by Crippen LogP contribution is 2.21. The van der Waals surface area contributed by atoms with Gasteiger partial charge in [-0.15, -0.1) is 0 Å². The second kappa shape index (κ2) is 7.18. The normalized spacial score (nSPS) is 16.1. The molecule has 0 unspecified atom stereocenters. The van der Waals surface area contributed by atoms with Crippen molar-refractivity contribution in [3.63, 3.8) is 0 Å². The molecule has 1 amide bonds. The van der Waals surface area contributed by atoms with Crippen LogP contribution in [0.1, 0.15) is 30.1 Å². The number of nitrogens with zero attached hydrogens (tertiary/aromatic N) is 1. The molecule has 110 valence electrons. The van der Waals surface area contributed by atoms with Crippen LogP contribution in [0.5, 0.6) is 0 Å². The second-order valence-electron chi connectivity index (χ2n) is 5.14. The summed E-state index contributed by atoms with van der Waals surface area (Å²) >= 11 is 3.13. The van der Waals surface area contributed by atoms with Crippen molar-refractivity contribution in [1.29, 1.82) is 0 Å². The SMILES string of the molecule is CCN(CC1CCNCC1)C(=O)c1cccc(Br)c1F. The Morgan fingerprint density at radius 3 is 2.80 bits per heavy atom. The fourth-order valence-electron chi connectivity index (χ4n) is 2.57. The zero-order valence-electron chi connectivity index (χ0n) is 11.7. The standard InChI is InChI=1S/C15H20BrFN2O/c1-2-19(10-11-6-8-18-9-7-11)15(20)12-4-3-5-13(16)14(12)17/h3-5,11,18H,2,6-10H2,1H3. The van der Waals surface area contributed by atoms with Gasteiger partial charge in [0.15, 0.2) is 0 Å². The number of benzene rings is 1. The van der Waals surface area contributed by atoms with Gasteiger partial charge in [0.2, 0.25) is 0 Å². The van der Waals surface area contributed by atoms with Gasteiger partial charge in [-0.2, -0.15) is 0 Å². The lowest BCUT2D eigenvalue weighted by Gasteiger charge is -2.29. The molecule has 3 nitrogen and oxygen atoms in total. The molecule has 5 heteroatoms. The van der Waals surface area contributed by atoms with Crippen molar-refractivity contribution in [2.45, 2.75) is 19.8 Å². The Hall–Kier alpha value is -0.940. The molecule has 1 N–H and O–H groups in total. The number of hydrogen-bond acceptors (Lipinski definition) is 2. The van der Waals surface area contributed by atoms with E-state index in [9.17, 15) is 9.18 Å². The largest absolute Gasteiger partial charge is 0.339 e. The second-order valence-corrected chi connectivity index (χ2v) is 5.99. The van der Waals surface area contributed by atoms with E-state index in [4.69, 9.17) is 0 Å². The molecule has 2 rings (SSSR count). The lowest BCUT2D eigenvalue weighted by molar-refractivity contribution is 0.0722. The van der Waals surface area contributed by atoms with E-state index in [1.807, 2.05) is 6.92 Å². The van der Waals surface area contributed by atoms with Crippen molar-refractivity contribution in [2.75, 3.05) is 26.2 Å². The van der Waals surface area contributed by atoms with Gasteiger partial charge in [0.25, 0.3) is 5.91 Å². The smallest absolute Gasteiger partial charge is 0.256 e. The van der Waals surface area contributed by atoms with Crippen LogP contribution in [-0.4, -0.2) is 37.0 Å². The monoisotopic (exact) mass is 342 g/mol. The summed E-state index contributed by atoms with van der Waals surface area (Å²) in [5.74, 6) is -0.179. The van der Waals surface area contributed by atoms with Crippen molar-refractivity contribution >= 4 is 21.8 Å². The number of hydrogen-bond donors (Lipinski definition) is 1. The minimum Gasteiger partial charge on any atom is -0.339 e. The Morgan fingerprint density at radius 1 is 1.45 bits per heavy atom. The number of carbonyl (C=O) groups is 1. The van der Waals surface area contributed by atoms with Crippen LogP contribution in [0.15, 0.2) is 22.7 Å². The molecule has 0 bridgehead atoms. The third-order valence-electron chi connectivity index (χ3n) is 3.79. The molecular formula is C15H20BrFN2O. The molecule has 1 saturated heterocycles. The molecule has 0 saturated carbocycles. The quantitative estimate of drug-likeness (QED) is 0.911. The highest BCUT2D eigenvalue weighted by Gasteiger charge is 2.23. The highest BCUT2D eigenvalue weighted by molar-refractivity contribution is 9.10. The van der Waals surface area contributed by atoms with Crippen LogP contribution >= 0.6 is 15.9 Å². The van der Waals surface area contributed by atoms with Gasteiger partial charge in [-0.25, -0.2) is 4.39 Å². The predicted molar refractivity (Wildman–Crippen MR) is 81.3 cm³/mol. The van der Waals surface area contributed by atoms with Crippen molar-refractivity contribution < 1.29 is 9.18 Å². The number of halogens is 2. The summed E-state index contributed by atoms with van der Waals surface area (Å²) in [4.78, 5) is 14.2. The molecule has 0 radical (unpaired) electrons. The summed E-state index contributed by atoms with van der Waals surface area (Å²) in [6, 6.07) is 4.85. The predicted octanol–water partition coefficient (Wildman–Crippen LogP) is 3.05. The van der Waals surface area contributed by atoms with Crippen LogP contribution in [-0.2, 0) is 0 Å². The first-order chi connectivity index (χ1) is 9.63. The molecule has 1 aromatic rings. The third-order valence-corrected chi connectivity index (χ3v) is 4.40. The zero-order valence-corrected chi connectivity index (χ0v) is 13.2. The topological polar surface area (TPSA) is 32.3 Å². The van der Waals surface area contributed by atoms with Gasteiger partial charge < -0.3 is 10.2 Å². The first-order valence-electron chi connectivity index (χ1n) is 7.07. The average Bonchev–Trinajstić information content (AvgIpc) is 2.48. The molecule has 1 aliphatic rings. The summed E-state index contributed by atoms with van der Waals surface area (Å²) in [6.45, 7) is 5.26. The molecule has 1 aliphatic heterocycles. The molecule has 0 atom stereocenters. The minimum atomic E-state index is -0.471. The van der Waals surface area contributed by atoms with Crippen LogP contribution < -0.4 is 5.32 Å². The lowest BCUT2D eigenvalue weighted by atomic mass is 9.97. The van der Waals surface area contributed by atoms with Crippen molar-refractivity contribution in [1.82, 2.24) is 10.2 Å². The first-order valence-corrected chi connectivity index (χ1v) is 7.86. The number of amides is 1. The van der Waals surface area contributed by atoms with Crippen LogP contribution in [0.2, 0.25) is 0 Å². The van der Waals surface area contributed by atoms with Gasteiger partial charge >= 0.3 is 0 Å². The van der Waals surface area contributed by atoms with E-state index in [2.05, 4.69) is 21.2 Å². The summed E-state index contributed by atoms with van der Waals surface area (Å²) in [6.07, 6.45) is 2.15. The maximum atomic E-state index is 14.0. The molecule has 1 aromatic carbocycles. The van der Waals surface area contributed by atoms with E-state index < -0.39 is 5.82 Å². The van der Waals surface area contributed by atoms with E-state index in [1.54, 1.807) is 23.1 Å². The van der Waals surface area contributed by atoms with Gasteiger partial charge in [-0.3, -0.25) is 4.79 Å². The molecule has 0 spiro atoms. The molecule has 0 aromatic heterocycles. The van der Waals surface area contributed by atoms with Crippen LogP contribution in [0, 0.1) is 11.7 Å². The lowest BCUT2D eigenvalue weighted by Crippen LogP contribution is -2.39. The maximum Gasteiger partial charge on any atom is 0.256 e. The summed E-state index contributed by atoms with van der Waals surface area (Å²) in [5.41, 5.74) is 0.148. The Morgan fingerprint density at radius 2 is 2.15 bits per heavy atom.